The largest absolute Gasteiger partial charge is 0.337 e. The van der Waals surface area contributed by atoms with Gasteiger partial charge in [0, 0.05) is 25.5 Å². The van der Waals surface area contributed by atoms with Gasteiger partial charge in [-0.1, -0.05) is 20.8 Å². The fraction of sp³-hybridized carbons (Fsp3) is 0.786. The van der Waals surface area contributed by atoms with Gasteiger partial charge in [-0.25, -0.2) is 4.98 Å². The summed E-state index contributed by atoms with van der Waals surface area (Å²) >= 11 is 0. The quantitative estimate of drug-likeness (QED) is 0.839. The minimum atomic E-state index is 0.304. The van der Waals surface area contributed by atoms with Gasteiger partial charge >= 0.3 is 0 Å². The van der Waals surface area contributed by atoms with Crippen LogP contribution in [0.25, 0.3) is 0 Å². The second-order valence-corrected chi connectivity index (χ2v) is 6.19. The van der Waals surface area contributed by atoms with Crippen molar-refractivity contribution in [2.75, 3.05) is 20.6 Å². The summed E-state index contributed by atoms with van der Waals surface area (Å²) in [7, 11) is 6.25. The number of hydrogen-bond acceptors (Lipinski definition) is 3. The molecular formula is C14H28N4. The van der Waals surface area contributed by atoms with E-state index in [4.69, 9.17) is 0 Å². The number of nitrogens with zero attached hydrogens (tertiary/aromatic N) is 3. The zero-order valence-electron chi connectivity index (χ0n) is 12.7. The van der Waals surface area contributed by atoms with Crippen molar-refractivity contribution in [2.45, 2.75) is 39.8 Å². The molecule has 0 amide bonds. The Balaban J connectivity index is 2.41. The summed E-state index contributed by atoms with van der Waals surface area (Å²) in [5.41, 5.74) is 0.304. The van der Waals surface area contributed by atoms with E-state index in [0.29, 0.717) is 11.5 Å². The van der Waals surface area contributed by atoms with Crippen molar-refractivity contribution < 1.29 is 0 Å². The molecule has 0 aliphatic carbocycles. The van der Waals surface area contributed by atoms with Crippen molar-refractivity contribution in [1.29, 1.82) is 0 Å². The lowest BCUT2D eigenvalue weighted by Gasteiger charge is -2.31. The zero-order valence-corrected chi connectivity index (χ0v) is 12.7. The van der Waals surface area contributed by atoms with E-state index in [2.05, 4.69) is 54.6 Å². The molecule has 0 spiro atoms. The van der Waals surface area contributed by atoms with E-state index in [1.807, 2.05) is 19.4 Å². The fourth-order valence-electron chi connectivity index (χ4n) is 2.23. The molecule has 4 heteroatoms. The molecule has 1 rings (SSSR count). The Hall–Kier alpha value is -0.870. The first-order valence-electron chi connectivity index (χ1n) is 6.66. The second-order valence-electron chi connectivity index (χ2n) is 6.19. The highest BCUT2D eigenvalue weighted by molar-refractivity contribution is 4.90. The van der Waals surface area contributed by atoms with Gasteiger partial charge in [0.1, 0.15) is 5.82 Å². The van der Waals surface area contributed by atoms with Gasteiger partial charge in [-0.2, -0.15) is 0 Å². The maximum absolute atomic E-state index is 4.36. The van der Waals surface area contributed by atoms with Crippen LogP contribution >= 0.6 is 0 Å². The summed E-state index contributed by atoms with van der Waals surface area (Å²) < 4.78 is 2.08. The van der Waals surface area contributed by atoms with Gasteiger partial charge in [0.25, 0.3) is 0 Å². The third-order valence-electron chi connectivity index (χ3n) is 3.53. The highest BCUT2D eigenvalue weighted by atomic mass is 15.1. The van der Waals surface area contributed by atoms with Gasteiger partial charge in [-0.15, -0.1) is 0 Å². The number of hydrogen-bond donors (Lipinski definition) is 1. The van der Waals surface area contributed by atoms with Crippen molar-refractivity contribution in [2.24, 2.45) is 12.5 Å². The summed E-state index contributed by atoms with van der Waals surface area (Å²) in [6, 6.07) is 0.543. The Morgan fingerprint density at radius 2 is 2.11 bits per heavy atom. The molecule has 0 aromatic carbocycles. The third-order valence-corrected chi connectivity index (χ3v) is 3.53. The van der Waals surface area contributed by atoms with Crippen LogP contribution in [0.5, 0.6) is 0 Å². The molecule has 0 radical (unpaired) electrons. The van der Waals surface area contributed by atoms with Crippen LogP contribution in [0.4, 0.5) is 0 Å². The first kappa shape index (κ1) is 15.2. The molecule has 104 valence electrons. The summed E-state index contributed by atoms with van der Waals surface area (Å²) in [6.07, 6.45) is 5.00. The number of aryl methyl sites for hydroxylation is 1. The number of aromatic nitrogens is 2. The predicted molar refractivity (Wildman–Crippen MR) is 76.5 cm³/mol. The number of rotatable bonds is 6. The van der Waals surface area contributed by atoms with Crippen LogP contribution in [-0.4, -0.2) is 41.1 Å². The van der Waals surface area contributed by atoms with E-state index in [1.54, 1.807) is 0 Å². The van der Waals surface area contributed by atoms with Gasteiger partial charge in [0.05, 0.1) is 6.54 Å². The molecule has 1 heterocycles. The second kappa shape index (κ2) is 6.34. The minimum Gasteiger partial charge on any atom is -0.337 e. The molecule has 0 bridgehead atoms. The molecule has 0 saturated carbocycles. The highest BCUT2D eigenvalue weighted by Gasteiger charge is 2.22. The van der Waals surface area contributed by atoms with Crippen molar-refractivity contribution in [3.63, 3.8) is 0 Å². The Bertz CT molecular complexity index is 351. The first-order valence-corrected chi connectivity index (χ1v) is 6.66. The molecule has 1 aromatic rings. The van der Waals surface area contributed by atoms with Crippen LogP contribution in [0.15, 0.2) is 12.4 Å². The Morgan fingerprint density at radius 1 is 1.44 bits per heavy atom. The lowest BCUT2D eigenvalue weighted by atomic mass is 9.85. The molecule has 1 atom stereocenters. The third kappa shape index (κ3) is 4.42. The summed E-state index contributed by atoms with van der Waals surface area (Å²) in [4.78, 5) is 6.69. The van der Waals surface area contributed by atoms with Crippen LogP contribution in [0.1, 0.15) is 33.0 Å². The molecule has 4 nitrogen and oxygen atoms in total. The maximum Gasteiger partial charge on any atom is 0.122 e. The van der Waals surface area contributed by atoms with Crippen molar-refractivity contribution in [1.82, 2.24) is 19.8 Å². The normalized spacial score (nSPS) is 14.2. The number of nitrogens with one attached hydrogen (secondary N) is 1. The van der Waals surface area contributed by atoms with Crippen molar-refractivity contribution >= 4 is 0 Å². The SMILES string of the molecule is CNC(CCN(C)Cc1nccn1C)C(C)(C)C. The molecule has 0 aliphatic heterocycles. The van der Waals surface area contributed by atoms with Crippen LogP contribution in [0.2, 0.25) is 0 Å². The summed E-state index contributed by atoms with van der Waals surface area (Å²) in [5, 5.41) is 3.42. The zero-order chi connectivity index (χ0) is 13.8. The molecule has 1 unspecified atom stereocenters. The average molecular weight is 252 g/mol. The van der Waals surface area contributed by atoms with E-state index in [1.165, 1.54) is 0 Å². The van der Waals surface area contributed by atoms with Crippen LogP contribution in [0.3, 0.4) is 0 Å². The molecular weight excluding hydrogens is 224 g/mol. The van der Waals surface area contributed by atoms with E-state index in [-0.39, 0.29) is 0 Å². The fourth-order valence-corrected chi connectivity index (χ4v) is 2.23. The molecule has 1 aromatic heterocycles. The van der Waals surface area contributed by atoms with Gasteiger partial charge in [0.2, 0.25) is 0 Å². The Labute approximate surface area is 111 Å². The first-order chi connectivity index (χ1) is 8.34. The average Bonchev–Trinajstić information content (AvgIpc) is 2.63. The van der Waals surface area contributed by atoms with Crippen molar-refractivity contribution in [3.05, 3.63) is 18.2 Å². The monoisotopic (exact) mass is 252 g/mol. The van der Waals surface area contributed by atoms with E-state index >= 15 is 0 Å². The Kier molecular flexibility index (Phi) is 5.35. The summed E-state index contributed by atoms with van der Waals surface area (Å²) in [6.45, 7) is 8.84. The molecule has 0 aliphatic rings. The van der Waals surface area contributed by atoms with Crippen LogP contribution in [-0.2, 0) is 13.6 Å². The van der Waals surface area contributed by atoms with Gasteiger partial charge in [-0.3, -0.25) is 4.90 Å². The van der Waals surface area contributed by atoms with Crippen molar-refractivity contribution in [3.8, 4) is 0 Å². The van der Waals surface area contributed by atoms with E-state index < -0.39 is 0 Å². The molecule has 0 saturated heterocycles. The van der Waals surface area contributed by atoms with Crippen LogP contribution in [0, 0.1) is 5.41 Å². The number of imidazole rings is 1. The van der Waals surface area contributed by atoms with Crippen LogP contribution < -0.4 is 5.32 Å². The molecule has 18 heavy (non-hydrogen) atoms. The van der Waals surface area contributed by atoms with E-state index in [9.17, 15) is 0 Å². The minimum absolute atomic E-state index is 0.304. The molecule has 1 N–H and O–H groups in total. The van der Waals surface area contributed by atoms with Gasteiger partial charge in [-0.05, 0) is 32.5 Å². The molecule has 0 fully saturated rings. The van der Waals surface area contributed by atoms with Gasteiger partial charge in [0.15, 0.2) is 0 Å². The predicted octanol–water partition coefficient (Wildman–Crippen LogP) is 1.88. The van der Waals surface area contributed by atoms with E-state index in [0.717, 1.165) is 25.3 Å². The Morgan fingerprint density at radius 3 is 2.56 bits per heavy atom. The maximum atomic E-state index is 4.36. The standard InChI is InChI=1S/C14H28N4/c1-14(2,3)12(15-4)7-9-17(5)11-13-16-8-10-18(13)6/h8,10,12,15H,7,9,11H2,1-6H3. The smallest absolute Gasteiger partial charge is 0.122 e. The van der Waals surface area contributed by atoms with Gasteiger partial charge < -0.3 is 9.88 Å². The lowest BCUT2D eigenvalue weighted by molar-refractivity contribution is 0.224. The highest BCUT2D eigenvalue weighted by Crippen LogP contribution is 2.21. The lowest BCUT2D eigenvalue weighted by Crippen LogP contribution is -2.40. The topological polar surface area (TPSA) is 33.1 Å². The summed E-state index contributed by atoms with van der Waals surface area (Å²) in [5.74, 6) is 1.12.